The first-order chi connectivity index (χ1) is 13.8. The molecule has 1 aromatic carbocycles. The van der Waals surface area contributed by atoms with Gasteiger partial charge in [0.2, 0.25) is 10.0 Å². The fraction of sp³-hybridized carbons (Fsp3) is 0.333. The number of nitrogens with zero attached hydrogens (tertiary/aromatic N) is 3. The van der Waals surface area contributed by atoms with Gasteiger partial charge in [0.25, 0.3) is 0 Å². The zero-order valence-electron chi connectivity index (χ0n) is 16.5. The Hall–Kier alpha value is -3.02. The molecule has 12 heteroatoms. The molecule has 0 aliphatic heterocycles. The molecule has 0 unspecified atom stereocenters. The van der Waals surface area contributed by atoms with Gasteiger partial charge < -0.3 is 14.5 Å². The van der Waals surface area contributed by atoms with Crippen LogP contribution in [0.15, 0.2) is 36.4 Å². The van der Waals surface area contributed by atoms with Crippen molar-refractivity contribution in [2.24, 2.45) is 0 Å². The molecule has 3 aromatic rings. The summed E-state index contributed by atoms with van der Waals surface area (Å²) in [6.07, 6.45) is -4.82. The van der Waals surface area contributed by atoms with Gasteiger partial charge in [0.1, 0.15) is 17.3 Å². The number of benzene rings is 1. The van der Waals surface area contributed by atoms with E-state index in [0.717, 1.165) is 16.4 Å². The van der Waals surface area contributed by atoms with Gasteiger partial charge in [-0.3, -0.25) is 4.31 Å². The van der Waals surface area contributed by atoms with Gasteiger partial charge in [-0.1, -0.05) is 6.07 Å². The summed E-state index contributed by atoms with van der Waals surface area (Å²) < 4.78 is 71.7. The van der Waals surface area contributed by atoms with E-state index >= 15 is 0 Å². The molecular weight excluding hydrogens is 425 g/mol. The first-order valence-electron chi connectivity index (χ1n) is 8.65. The number of alkyl halides is 3. The van der Waals surface area contributed by atoms with Crippen LogP contribution in [0, 0.1) is 0 Å². The van der Waals surface area contributed by atoms with E-state index in [0.29, 0.717) is 5.52 Å². The number of fused-ring (bicyclic) bond motifs is 1. The van der Waals surface area contributed by atoms with Crippen LogP contribution in [0.4, 0.5) is 19.0 Å². The summed E-state index contributed by atoms with van der Waals surface area (Å²) in [5, 5.41) is 0. The highest BCUT2D eigenvalue weighted by Gasteiger charge is 2.34. The average molecular weight is 444 g/mol. The van der Waals surface area contributed by atoms with E-state index in [2.05, 4.69) is 19.7 Å². The number of sulfonamides is 1. The number of hydrogen-bond acceptors (Lipinski definition) is 6. The maximum Gasteiger partial charge on any atom is 0.573 e. The van der Waals surface area contributed by atoms with Crippen LogP contribution in [0.25, 0.3) is 11.2 Å². The summed E-state index contributed by atoms with van der Waals surface area (Å²) >= 11 is 0. The number of nitrogens with one attached hydrogen (secondary N) is 1. The van der Waals surface area contributed by atoms with Crippen LogP contribution < -0.4 is 13.8 Å². The summed E-state index contributed by atoms with van der Waals surface area (Å²) in [5.74, 6) is -0.218. The molecule has 1 N–H and O–H groups in total. The number of hydrogen-bond donors (Lipinski definition) is 1. The number of aromatic nitrogens is 3. The van der Waals surface area contributed by atoms with Gasteiger partial charge in [0.15, 0.2) is 5.65 Å². The third kappa shape index (κ3) is 4.58. The van der Waals surface area contributed by atoms with E-state index < -0.39 is 26.9 Å². The second-order valence-electron chi connectivity index (χ2n) is 7.29. The average Bonchev–Trinajstić information content (AvgIpc) is 3.00. The molecule has 2 aromatic heterocycles. The lowest BCUT2D eigenvalue weighted by Crippen LogP contribution is -2.41. The van der Waals surface area contributed by atoms with Crippen molar-refractivity contribution >= 4 is 27.0 Å². The SMILES string of the molecule is CN(c1ccc2[nH]c(Oc3cccc(OC(F)(F)F)c3)nc2n1)S(=O)(=O)C(C)(C)C. The van der Waals surface area contributed by atoms with Gasteiger partial charge in [-0.05, 0) is 45.0 Å². The molecular formula is C18H19F3N4O4S. The van der Waals surface area contributed by atoms with Crippen LogP contribution in [-0.2, 0) is 10.0 Å². The van der Waals surface area contributed by atoms with Crippen molar-refractivity contribution in [1.82, 2.24) is 15.0 Å². The van der Waals surface area contributed by atoms with Crippen molar-refractivity contribution in [3.05, 3.63) is 36.4 Å². The van der Waals surface area contributed by atoms with Gasteiger partial charge in [-0.2, -0.15) is 4.98 Å². The highest BCUT2D eigenvalue weighted by molar-refractivity contribution is 7.94. The van der Waals surface area contributed by atoms with Gasteiger partial charge in [-0.25, -0.2) is 13.4 Å². The fourth-order valence-corrected chi connectivity index (χ4v) is 3.63. The first-order valence-corrected chi connectivity index (χ1v) is 10.1. The van der Waals surface area contributed by atoms with E-state index in [-0.39, 0.29) is 23.2 Å². The Morgan fingerprint density at radius 3 is 2.33 bits per heavy atom. The molecule has 0 radical (unpaired) electrons. The topological polar surface area (TPSA) is 97.4 Å². The Balaban J connectivity index is 1.86. The number of aromatic amines is 1. The van der Waals surface area contributed by atoms with Gasteiger partial charge in [0.05, 0.1) is 10.3 Å². The third-order valence-electron chi connectivity index (χ3n) is 4.02. The molecule has 0 amide bonds. The Kier molecular flexibility index (Phi) is 5.31. The standard InChI is InChI=1S/C18H19F3N4O4S/c1-17(2,3)30(26,27)25(4)14-9-8-13-15(23-14)24-16(22-13)28-11-6-5-7-12(10-11)29-18(19,20)21/h5-10H,1-4H3,(H,22,23,24). The maximum absolute atomic E-state index is 12.6. The van der Waals surface area contributed by atoms with Gasteiger partial charge >= 0.3 is 12.4 Å². The van der Waals surface area contributed by atoms with Crippen molar-refractivity contribution in [3.63, 3.8) is 0 Å². The molecule has 0 atom stereocenters. The summed E-state index contributed by atoms with van der Waals surface area (Å²) in [5.41, 5.74) is 0.638. The number of imidazole rings is 1. The number of rotatable bonds is 5. The summed E-state index contributed by atoms with van der Waals surface area (Å²) in [6, 6.07) is 8.02. The Labute approximate surface area is 170 Å². The lowest BCUT2D eigenvalue weighted by Gasteiger charge is -2.27. The van der Waals surface area contributed by atoms with Crippen molar-refractivity contribution in [2.75, 3.05) is 11.4 Å². The minimum absolute atomic E-state index is 0.0276. The molecule has 0 saturated heterocycles. The molecule has 30 heavy (non-hydrogen) atoms. The Bertz CT molecular complexity index is 1170. The first kappa shape index (κ1) is 21.7. The molecule has 0 bridgehead atoms. The molecule has 8 nitrogen and oxygen atoms in total. The largest absolute Gasteiger partial charge is 0.573 e. The fourth-order valence-electron chi connectivity index (χ4n) is 2.46. The molecule has 0 aliphatic carbocycles. The highest BCUT2D eigenvalue weighted by Crippen LogP contribution is 2.29. The van der Waals surface area contributed by atoms with E-state index in [4.69, 9.17) is 4.74 Å². The third-order valence-corrected chi connectivity index (χ3v) is 6.48. The molecule has 0 spiro atoms. The van der Waals surface area contributed by atoms with E-state index in [9.17, 15) is 21.6 Å². The van der Waals surface area contributed by atoms with Crippen LogP contribution in [0.3, 0.4) is 0 Å². The zero-order valence-corrected chi connectivity index (χ0v) is 17.3. The second kappa shape index (κ2) is 7.35. The van der Waals surface area contributed by atoms with Crippen molar-refractivity contribution in [2.45, 2.75) is 31.9 Å². The summed E-state index contributed by atoms with van der Waals surface area (Å²) in [6.45, 7) is 4.73. The molecule has 3 rings (SSSR count). The normalized spacial score (nSPS) is 12.8. The van der Waals surface area contributed by atoms with Gasteiger partial charge in [-0.15, -0.1) is 13.2 Å². The Morgan fingerprint density at radius 2 is 1.70 bits per heavy atom. The summed E-state index contributed by atoms with van der Waals surface area (Å²) in [7, 11) is -2.27. The van der Waals surface area contributed by atoms with Crippen LogP contribution >= 0.6 is 0 Å². The number of pyridine rings is 1. The lowest BCUT2D eigenvalue weighted by molar-refractivity contribution is -0.274. The van der Waals surface area contributed by atoms with E-state index in [1.165, 1.54) is 25.2 Å². The molecule has 0 fully saturated rings. The molecule has 2 heterocycles. The second-order valence-corrected chi connectivity index (χ2v) is 10.0. The quantitative estimate of drug-likeness (QED) is 0.633. The maximum atomic E-state index is 12.6. The summed E-state index contributed by atoms with van der Waals surface area (Å²) in [4.78, 5) is 11.2. The Morgan fingerprint density at radius 1 is 1.03 bits per heavy atom. The van der Waals surface area contributed by atoms with E-state index in [1.807, 2.05) is 0 Å². The van der Waals surface area contributed by atoms with Gasteiger partial charge in [0, 0.05) is 13.1 Å². The zero-order chi connectivity index (χ0) is 22.3. The molecule has 0 aliphatic rings. The monoisotopic (exact) mass is 444 g/mol. The predicted octanol–water partition coefficient (Wildman–Crippen LogP) is 4.21. The minimum atomic E-state index is -4.82. The van der Waals surface area contributed by atoms with Crippen LogP contribution in [-0.4, -0.2) is 41.5 Å². The number of anilines is 1. The van der Waals surface area contributed by atoms with Crippen LogP contribution in [0.1, 0.15) is 20.8 Å². The molecule has 162 valence electrons. The van der Waals surface area contributed by atoms with Crippen molar-refractivity contribution < 1.29 is 31.1 Å². The number of halogens is 3. The van der Waals surface area contributed by atoms with Crippen molar-refractivity contribution in [3.8, 4) is 17.5 Å². The van der Waals surface area contributed by atoms with E-state index in [1.54, 1.807) is 26.8 Å². The number of ether oxygens (including phenoxy) is 2. The highest BCUT2D eigenvalue weighted by atomic mass is 32.2. The lowest BCUT2D eigenvalue weighted by atomic mass is 10.3. The smallest absolute Gasteiger partial charge is 0.425 e. The minimum Gasteiger partial charge on any atom is -0.425 e. The van der Waals surface area contributed by atoms with Crippen molar-refractivity contribution in [1.29, 1.82) is 0 Å². The molecule has 0 saturated carbocycles. The predicted molar refractivity (Wildman–Crippen MR) is 104 cm³/mol. The van der Waals surface area contributed by atoms with Crippen LogP contribution in [0.5, 0.6) is 17.5 Å². The van der Waals surface area contributed by atoms with Crippen LogP contribution in [0.2, 0.25) is 0 Å². The number of H-pyrrole nitrogens is 1.